The van der Waals surface area contributed by atoms with Crippen molar-refractivity contribution in [2.24, 2.45) is 4.99 Å². The van der Waals surface area contributed by atoms with Crippen LogP contribution in [0, 0.1) is 0 Å². The van der Waals surface area contributed by atoms with Crippen LogP contribution < -0.4 is 4.74 Å². The number of amidine groups is 1. The Morgan fingerprint density at radius 3 is 2.10 bits per heavy atom. The van der Waals surface area contributed by atoms with Crippen LogP contribution in [0.5, 0.6) is 5.88 Å². The predicted molar refractivity (Wildman–Crippen MR) is 189 cm³/mol. The number of benzene rings is 2. The Hall–Kier alpha value is -3.28. The fourth-order valence-corrected chi connectivity index (χ4v) is 6.61. The van der Waals surface area contributed by atoms with Crippen molar-refractivity contribution >= 4 is 35.1 Å². The molecule has 0 unspecified atom stereocenters. The van der Waals surface area contributed by atoms with Gasteiger partial charge in [-0.25, -0.2) is 9.78 Å². The topological polar surface area (TPSA) is 104 Å². The fraction of sp³-hybridized carbons (Fsp3) is 0.500. The molecule has 3 aromatic rings. The van der Waals surface area contributed by atoms with E-state index in [4.69, 9.17) is 52.7 Å². The van der Waals surface area contributed by atoms with Crippen LogP contribution in [-0.4, -0.2) is 101 Å². The van der Waals surface area contributed by atoms with Crippen molar-refractivity contribution in [1.82, 2.24) is 24.7 Å². The summed E-state index contributed by atoms with van der Waals surface area (Å²) in [6.07, 6.45) is 1.73. The van der Waals surface area contributed by atoms with Gasteiger partial charge in [-0.05, 0) is 56.2 Å². The van der Waals surface area contributed by atoms with E-state index in [0.717, 1.165) is 17.7 Å². The van der Waals surface area contributed by atoms with Crippen LogP contribution in [0.4, 0.5) is 4.79 Å². The molecule has 2 aromatic carbocycles. The first kappa shape index (κ1) is 36.0. The first-order chi connectivity index (χ1) is 22.8. The number of aliphatic imine (C=N–C) groups is 1. The highest BCUT2D eigenvalue weighted by Crippen LogP contribution is 2.54. The summed E-state index contributed by atoms with van der Waals surface area (Å²) in [5.41, 5.74) is -0.0454. The van der Waals surface area contributed by atoms with Gasteiger partial charge in [-0.3, -0.25) is 14.8 Å². The lowest BCUT2D eigenvalue weighted by molar-refractivity contribution is 0.0549. The van der Waals surface area contributed by atoms with E-state index in [1.165, 1.54) is 0 Å². The van der Waals surface area contributed by atoms with E-state index in [-0.39, 0.29) is 18.1 Å². The van der Waals surface area contributed by atoms with Gasteiger partial charge in [0, 0.05) is 54.4 Å². The standard InChI is InChI=1S/C36H46Cl2N6O4/c1-7-48-31-29(24-39-32(40-31)34(2,3)4)30-41-35(5,25-8-12-27(37)13-9-25)36(6,26-10-14-28(38)15-11-26)44(30)33(46)43-18-16-42(17-19-43)20-22-47-23-21-45/h8-15,24,45H,7,16-23H2,1-6H3/t35-,36-/m1/s1. The van der Waals surface area contributed by atoms with E-state index >= 15 is 4.79 Å². The summed E-state index contributed by atoms with van der Waals surface area (Å²) in [5, 5.41) is 10.2. The minimum atomic E-state index is -1.03. The third-order valence-electron chi connectivity index (χ3n) is 9.32. The monoisotopic (exact) mass is 696 g/mol. The van der Waals surface area contributed by atoms with Crippen LogP contribution in [0.1, 0.15) is 64.1 Å². The van der Waals surface area contributed by atoms with Crippen molar-refractivity contribution in [3.8, 4) is 5.88 Å². The highest BCUT2D eigenvalue weighted by Gasteiger charge is 2.60. The molecule has 1 N–H and O–H groups in total. The second kappa shape index (κ2) is 14.7. The van der Waals surface area contributed by atoms with E-state index in [1.54, 1.807) is 6.20 Å². The molecule has 2 atom stereocenters. The third-order valence-corrected chi connectivity index (χ3v) is 9.82. The van der Waals surface area contributed by atoms with Gasteiger partial charge in [0.05, 0.1) is 32.0 Å². The molecule has 2 aliphatic rings. The minimum Gasteiger partial charge on any atom is -0.477 e. The lowest BCUT2D eigenvalue weighted by atomic mass is 9.71. The molecular weight excluding hydrogens is 651 g/mol. The molecule has 0 spiro atoms. The quantitative estimate of drug-likeness (QED) is 0.255. The number of rotatable bonds is 10. The number of aromatic nitrogens is 2. The molecule has 3 heterocycles. The van der Waals surface area contributed by atoms with E-state index in [0.29, 0.717) is 79.1 Å². The Balaban J connectivity index is 1.66. The van der Waals surface area contributed by atoms with Crippen LogP contribution in [0.15, 0.2) is 59.7 Å². The molecule has 258 valence electrons. The lowest BCUT2D eigenvalue weighted by Crippen LogP contribution is -2.60. The molecule has 0 aliphatic carbocycles. The SMILES string of the molecule is CCOc1nc(C(C)(C)C)ncc1C1=N[C@](C)(c2ccc(Cl)cc2)[C@@](C)(c2ccc(Cl)cc2)N1C(=O)N1CCN(CCOCCO)CC1. The van der Waals surface area contributed by atoms with Gasteiger partial charge < -0.3 is 19.5 Å². The van der Waals surface area contributed by atoms with Crippen LogP contribution in [0.25, 0.3) is 0 Å². The van der Waals surface area contributed by atoms with Gasteiger partial charge >= 0.3 is 6.03 Å². The summed E-state index contributed by atoms with van der Waals surface area (Å²) in [6, 6.07) is 15.1. The molecule has 1 aromatic heterocycles. The number of ether oxygens (including phenoxy) is 2. The number of nitrogens with zero attached hydrogens (tertiary/aromatic N) is 6. The minimum absolute atomic E-state index is 0.00168. The van der Waals surface area contributed by atoms with E-state index in [9.17, 15) is 0 Å². The van der Waals surface area contributed by atoms with Gasteiger partial charge in [0.15, 0.2) is 0 Å². The van der Waals surface area contributed by atoms with Crippen LogP contribution in [-0.2, 0) is 21.2 Å². The van der Waals surface area contributed by atoms with Gasteiger partial charge in [0.25, 0.3) is 0 Å². The van der Waals surface area contributed by atoms with Gasteiger partial charge in [-0.1, -0.05) is 68.2 Å². The Labute approximate surface area is 293 Å². The zero-order valence-electron chi connectivity index (χ0n) is 28.7. The van der Waals surface area contributed by atoms with E-state index in [2.05, 4.69) is 11.8 Å². The number of piperazine rings is 1. The Morgan fingerprint density at radius 1 is 0.938 bits per heavy atom. The molecule has 2 amide bonds. The highest BCUT2D eigenvalue weighted by molar-refractivity contribution is 6.30. The van der Waals surface area contributed by atoms with Gasteiger partial charge in [-0.2, -0.15) is 4.98 Å². The number of halogens is 2. The molecule has 12 heteroatoms. The summed E-state index contributed by atoms with van der Waals surface area (Å²) in [5.74, 6) is 1.44. The molecule has 10 nitrogen and oxygen atoms in total. The number of aliphatic hydroxyl groups excluding tert-OH is 1. The Bertz CT molecular complexity index is 1610. The number of urea groups is 1. The maximum absolute atomic E-state index is 15.1. The van der Waals surface area contributed by atoms with Crippen molar-refractivity contribution in [2.45, 2.75) is 58.0 Å². The molecule has 0 radical (unpaired) electrons. The van der Waals surface area contributed by atoms with Crippen molar-refractivity contribution in [2.75, 3.05) is 59.2 Å². The Kier molecular flexibility index (Phi) is 11.0. The zero-order valence-corrected chi connectivity index (χ0v) is 30.2. The number of amides is 2. The summed E-state index contributed by atoms with van der Waals surface area (Å²) in [4.78, 5) is 36.1. The highest BCUT2D eigenvalue weighted by atomic mass is 35.5. The van der Waals surface area contributed by atoms with Crippen LogP contribution in [0.2, 0.25) is 10.0 Å². The smallest absolute Gasteiger partial charge is 0.326 e. The fourth-order valence-electron chi connectivity index (χ4n) is 6.36. The molecule has 2 aliphatic heterocycles. The zero-order chi connectivity index (χ0) is 34.7. The summed E-state index contributed by atoms with van der Waals surface area (Å²) in [7, 11) is 0. The van der Waals surface area contributed by atoms with Crippen molar-refractivity contribution in [1.29, 1.82) is 0 Å². The molecule has 0 saturated carbocycles. The van der Waals surface area contributed by atoms with Crippen LogP contribution >= 0.6 is 23.2 Å². The maximum atomic E-state index is 15.1. The first-order valence-electron chi connectivity index (χ1n) is 16.5. The summed E-state index contributed by atoms with van der Waals surface area (Å²) >= 11 is 12.8. The van der Waals surface area contributed by atoms with Gasteiger partial charge in [0.1, 0.15) is 22.7 Å². The van der Waals surface area contributed by atoms with Gasteiger partial charge in [0.2, 0.25) is 5.88 Å². The second-order valence-corrected chi connectivity index (χ2v) is 14.3. The average Bonchev–Trinajstić information content (AvgIpc) is 3.31. The molecule has 48 heavy (non-hydrogen) atoms. The number of aliphatic hydroxyl groups is 1. The number of carbonyl (C=O) groups excluding carboxylic acids is 1. The molecule has 0 bridgehead atoms. The number of hydrogen-bond acceptors (Lipinski definition) is 8. The number of carbonyl (C=O) groups is 1. The maximum Gasteiger partial charge on any atom is 0.326 e. The van der Waals surface area contributed by atoms with Crippen molar-refractivity contribution < 1.29 is 19.4 Å². The average molecular weight is 698 g/mol. The number of hydrogen-bond donors (Lipinski definition) is 1. The molecule has 1 fully saturated rings. The summed E-state index contributed by atoms with van der Waals surface area (Å²) in [6.45, 7) is 16.5. The first-order valence-corrected chi connectivity index (χ1v) is 17.2. The molecular formula is C36H46Cl2N6O4. The van der Waals surface area contributed by atoms with E-state index < -0.39 is 11.1 Å². The van der Waals surface area contributed by atoms with E-state index in [1.807, 2.05) is 92.9 Å². The largest absolute Gasteiger partial charge is 0.477 e. The van der Waals surface area contributed by atoms with Crippen molar-refractivity contribution in [3.05, 3.63) is 87.3 Å². The Morgan fingerprint density at radius 2 is 1.54 bits per heavy atom. The third kappa shape index (κ3) is 7.05. The predicted octanol–water partition coefficient (Wildman–Crippen LogP) is 6.12. The van der Waals surface area contributed by atoms with Gasteiger partial charge in [-0.15, -0.1) is 0 Å². The molecule has 1 saturated heterocycles. The second-order valence-electron chi connectivity index (χ2n) is 13.5. The lowest BCUT2D eigenvalue weighted by Gasteiger charge is -2.47. The summed E-state index contributed by atoms with van der Waals surface area (Å²) < 4.78 is 11.6. The van der Waals surface area contributed by atoms with Crippen molar-refractivity contribution in [3.63, 3.8) is 0 Å². The normalized spacial score (nSPS) is 21.8. The molecule has 5 rings (SSSR count). The van der Waals surface area contributed by atoms with Crippen LogP contribution in [0.3, 0.4) is 0 Å².